The second-order valence-corrected chi connectivity index (χ2v) is 5.67. The minimum atomic E-state index is -0.223. The Morgan fingerprint density at radius 3 is 2.30 bits per heavy atom. The number of ketones is 1. The Balaban J connectivity index is 2.91. The van der Waals surface area contributed by atoms with Crippen LogP contribution in [0.3, 0.4) is 0 Å². The van der Waals surface area contributed by atoms with Gasteiger partial charge in [-0.15, -0.1) is 0 Å². The van der Waals surface area contributed by atoms with Gasteiger partial charge in [0, 0.05) is 18.9 Å². The highest BCUT2D eigenvalue weighted by atomic mass is 16.1. The zero-order valence-electron chi connectivity index (χ0n) is 14.8. The van der Waals surface area contributed by atoms with Gasteiger partial charge in [-0.2, -0.15) is 5.26 Å². The number of nitriles is 1. The van der Waals surface area contributed by atoms with E-state index in [1.807, 2.05) is 25.4 Å². The van der Waals surface area contributed by atoms with Crippen LogP contribution < -0.4 is 4.90 Å². The molecule has 3 heteroatoms. The summed E-state index contributed by atoms with van der Waals surface area (Å²) >= 11 is 0. The molecule has 3 nitrogen and oxygen atoms in total. The fourth-order valence-corrected chi connectivity index (χ4v) is 2.27. The van der Waals surface area contributed by atoms with Crippen LogP contribution in [0.4, 0.5) is 5.69 Å². The van der Waals surface area contributed by atoms with Crippen LogP contribution in [0, 0.1) is 39.0 Å². The molecule has 0 atom stereocenters. The summed E-state index contributed by atoms with van der Waals surface area (Å²) in [5, 5.41) is 8.80. The average Bonchev–Trinajstić information content (AvgIpc) is 2.51. The lowest BCUT2D eigenvalue weighted by Crippen LogP contribution is -2.11. The predicted octanol–water partition coefficient (Wildman–Crippen LogP) is 4.47. The van der Waals surface area contributed by atoms with Gasteiger partial charge in [0.1, 0.15) is 6.07 Å². The number of rotatable bonds is 5. The summed E-state index contributed by atoms with van der Waals surface area (Å²) in [6, 6.07) is 4.07. The Hall–Kier alpha value is -2.60. The van der Waals surface area contributed by atoms with E-state index in [9.17, 15) is 4.79 Å². The maximum Gasteiger partial charge on any atom is 0.170 e. The van der Waals surface area contributed by atoms with E-state index in [-0.39, 0.29) is 11.4 Å². The molecule has 0 radical (unpaired) electrons. The quantitative estimate of drug-likeness (QED) is 0.458. The zero-order valence-corrected chi connectivity index (χ0v) is 14.8. The summed E-state index contributed by atoms with van der Waals surface area (Å²) in [5.41, 5.74) is 6.53. The van der Waals surface area contributed by atoms with Crippen molar-refractivity contribution in [2.75, 3.05) is 11.9 Å². The maximum absolute atomic E-state index is 11.1. The molecule has 23 heavy (non-hydrogen) atoms. The molecule has 0 aliphatic heterocycles. The molecule has 1 aromatic carbocycles. The van der Waals surface area contributed by atoms with Crippen LogP contribution in [-0.4, -0.2) is 12.8 Å². The van der Waals surface area contributed by atoms with Gasteiger partial charge in [0.05, 0.1) is 5.57 Å². The SMILES string of the molecule is CC(=O)/C(C#N)=C/C=C/C=CN(C)c1cc(C)c(C)c(C)c1C. The predicted molar refractivity (Wildman–Crippen MR) is 96.5 cm³/mol. The number of benzene rings is 1. The smallest absolute Gasteiger partial charge is 0.170 e. The van der Waals surface area contributed by atoms with Crippen molar-refractivity contribution in [2.45, 2.75) is 34.6 Å². The van der Waals surface area contributed by atoms with E-state index in [2.05, 4.69) is 38.7 Å². The van der Waals surface area contributed by atoms with E-state index < -0.39 is 0 Å². The van der Waals surface area contributed by atoms with Crippen molar-refractivity contribution in [3.63, 3.8) is 0 Å². The zero-order chi connectivity index (χ0) is 17.6. The fraction of sp³-hybridized carbons (Fsp3) is 0.300. The Morgan fingerprint density at radius 1 is 1.09 bits per heavy atom. The lowest BCUT2D eigenvalue weighted by atomic mass is 9.97. The topological polar surface area (TPSA) is 44.1 Å². The molecule has 0 heterocycles. The monoisotopic (exact) mass is 308 g/mol. The minimum absolute atomic E-state index is 0.156. The van der Waals surface area contributed by atoms with Crippen molar-refractivity contribution in [1.29, 1.82) is 5.26 Å². The van der Waals surface area contributed by atoms with Crippen LogP contribution in [0.1, 0.15) is 29.2 Å². The van der Waals surface area contributed by atoms with Gasteiger partial charge in [-0.05, 0) is 75.1 Å². The van der Waals surface area contributed by atoms with Crippen LogP contribution in [0.5, 0.6) is 0 Å². The van der Waals surface area contributed by atoms with Crippen molar-refractivity contribution in [3.05, 3.63) is 64.4 Å². The Morgan fingerprint density at radius 2 is 1.74 bits per heavy atom. The minimum Gasteiger partial charge on any atom is -0.351 e. The summed E-state index contributed by atoms with van der Waals surface area (Å²) in [7, 11) is 2.01. The van der Waals surface area contributed by atoms with Crippen LogP contribution in [0.15, 0.2) is 42.1 Å². The standard InChI is InChI=1S/C20H24N2O/c1-14-12-20(17(4)16(3)15(14)2)22(6)11-9-7-8-10-19(13-21)18(5)23/h7-12H,1-6H3/b8-7+,11-9?,19-10+. The van der Waals surface area contributed by atoms with Gasteiger partial charge < -0.3 is 4.90 Å². The highest BCUT2D eigenvalue weighted by molar-refractivity contribution is 5.97. The first-order valence-electron chi connectivity index (χ1n) is 7.56. The number of hydrogen-bond donors (Lipinski definition) is 0. The lowest BCUT2D eigenvalue weighted by Gasteiger charge is -2.21. The Kier molecular flexibility index (Phi) is 6.53. The summed E-state index contributed by atoms with van der Waals surface area (Å²) in [6.07, 6.45) is 8.87. The molecule has 0 unspecified atom stereocenters. The van der Waals surface area contributed by atoms with Crippen molar-refractivity contribution < 1.29 is 4.79 Å². The largest absolute Gasteiger partial charge is 0.351 e. The van der Waals surface area contributed by atoms with E-state index >= 15 is 0 Å². The number of nitrogens with zero attached hydrogens (tertiary/aromatic N) is 2. The van der Waals surface area contributed by atoms with Gasteiger partial charge in [-0.25, -0.2) is 0 Å². The molecule has 1 aromatic rings. The summed E-state index contributed by atoms with van der Waals surface area (Å²) in [5.74, 6) is -0.223. The summed E-state index contributed by atoms with van der Waals surface area (Å²) < 4.78 is 0. The van der Waals surface area contributed by atoms with Crippen molar-refractivity contribution in [1.82, 2.24) is 0 Å². The molecule has 0 amide bonds. The van der Waals surface area contributed by atoms with Gasteiger partial charge in [0.15, 0.2) is 5.78 Å². The molecular formula is C20H24N2O. The number of carbonyl (C=O) groups excluding carboxylic acids is 1. The molecule has 0 aromatic heterocycles. The van der Waals surface area contributed by atoms with E-state index in [4.69, 9.17) is 5.26 Å². The Bertz CT molecular complexity index is 731. The molecule has 0 aliphatic carbocycles. The van der Waals surface area contributed by atoms with Gasteiger partial charge in [0.25, 0.3) is 0 Å². The van der Waals surface area contributed by atoms with Gasteiger partial charge >= 0.3 is 0 Å². The number of anilines is 1. The van der Waals surface area contributed by atoms with E-state index in [0.717, 1.165) is 0 Å². The third kappa shape index (κ3) is 4.69. The molecule has 0 spiro atoms. The third-order valence-electron chi connectivity index (χ3n) is 4.13. The number of hydrogen-bond acceptors (Lipinski definition) is 3. The Labute approximate surface area is 139 Å². The second-order valence-electron chi connectivity index (χ2n) is 5.67. The molecule has 0 saturated heterocycles. The van der Waals surface area contributed by atoms with Gasteiger partial charge in [-0.1, -0.05) is 12.2 Å². The highest BCUT2D eigenvalue weighted by Gasteiger charge is 2.08. The third-order valence-corrected chi connectivity index (χ3v) is 4.13. The van der Waals surface area contributed by atoms with Gasteiger partial charge in [-0.3, -0.25) is 4.79 Å². The molecule has 120 valence electrons. The maximum atomic E-state index is 11.1. The van der Waals surface area contributed by atoms with Crippen molar-refractivity contribution in [2.24, 2.45) is 0 Å². The lowest BCUT2D eigenvalue weighted by molar-refractivity contribution is -0.113. The molecule has 0 N–H and O–H groups in total. The van der Waals surface area contributed by atoms with E-state index in [1.165, 1.54) is 40.9 Å². The molecular weight excluding hydrogens is 284 g/mol. The van der Waals surface area contributed by atoms with Crippen LogP contribution >= 0.6 is 0 Å². The van der Waals surface area contributed by atoms with E-state index in [0.29, 0.717) is 0 Å². The first kappa shape index (κ1) is 18.4. The fourth-order valence-electron chi connectivity index (χ4n) is 2.27. The van der Waals surface area contributed by atoms with Crippen molar-refractivity contribution >= 4 is 11.5 Å². The van der Waals surface area contributed by atoms with Crippen LogP contribution in [-0.2, 0) is 4.79 Å². The normalized spacial score (nSPS) is 12.0. The van der Waals surface area contributed by atoms with Crippen LogP contribution in [0.25, 0.3) is 0 Å². The van der Waals surface area contributed by atoms with Crippen LogP contribution in [0.2, 0.25) is 0 Å². The number of allylic oxidation sites excluding steroid dienone is 5. The molecule has 0 saturated carbocycles. The molecule has 0 bridgehead atoms. The second kappa shape index (κ2) is 8.14. The average molecular weight is 308 g/mol. The summed E-state index contributed by atoms with van der Waals surface area (Å²) in [6.45, 7) is 9.94. The number of Topliss-reactive ketones (excluding diaryl/α,β-unsaturated/α-hetero) is 1. The molecule has 0 aliphatic rings. The first-order valence-corrected chi connectivity index (χ1v) is 7.56. The molecule has 0 fully saturated rings. The summed E-state index contributed by atoms with van der Waals surface area (Å²) in [4.78, 5) is 13.2. The number of carbonyl (C=O) groups is 1. The number of aryl methyl sites for hydroxylation is 1. The van der Waals surface area contributed by atoms with Crippen molar-refractivity contribution in [3.8, 4) is 6.07 Å². The first-order chi connectivity index (χ1) is 10.8. The highest BCUT2D eigenvalue weighted by Crippen LogP contribution is 2.27. The van der Waals surface area contributed by atoms with Gasteiger partial charge in [0.2, 0.25) is 0 Å². The molecule has 1 rings (SSSR count). The van der Waals surface area contributed by atoms with E-state index in [1.54, 1.807) is 12.2 Å².